The number of halogens is 6. The van der Waals surface area contributed by atoms with Crippen LogP contribution in [0.4, 0.5) is 38.1 Å². The summed E-state index contributed by atoms with van der Waals surface area (Å²) in [6.45, 7) is 0.576. The predicted molar refractivity (Wildman–Crippen MR) is 116 cm³/mol. The molecule has 0 aliphatic rings. The molecule has 0 aliphatic carbocycles. The smallest absolute Gasteiger partial charge is 0.368 e. The van der Waals surface area contributed by atoms with Crippen molar-refractivity contribution in [2.45, 2.75) is 12.4 Å². The van der Waals surface area contributed by atoms with Gasteiger partial charge in [-0.1, -0.05) is 12.1 Å². The predicted octanol–water partition coefficient (Wildman–Crippen LogP) is 5.49. The molecule has 0 saturated heterocycles. The summed E-state index contributed by atoms with van der Waals surface area (Å²) in [5.74, 6) is 0.915. The lowest BCUT2D eigenvalue weighted by Gasteiger charge is -2.12. The Kier molecular flexibility index (Phi) is 6.58. The monoisotopic (exact) mass is 493 g/mol. The summed E-state index contributed by atoms with van der Waals surface area (Å²) >= 11 is 0. The zero-order valence-corrected chi connectivity index (χ0v) is 17.7. The van der Waals surface area contributed by atoms with E-state index in [0.29, 0.717) is 22.6 Å². The van der Waals surface area contributed by atoms with E-state index < -0.39 is 23.5 Å². The van der Waals surface area contributed by atoms with Crippen LogP contribution in [0.1, 0.15) is 11.1 Å². The Hall–Kier alpha value is -4.16. The van der Waals surface area contributed by atoms with Crippen molar-refractivity contribution in [3.8, 4) is 22.6 Å². The zero-order valence-electron chi connectivity index (χ0n) is 17.7. The molecule has 0 saturated carbocycles. The third kappa shape index (κ3) is 5.86. The van der Waals surface area contributed by atoms with Crippen LogP contribution in [-0.2, 0) is 12.4 Å². The largest absolute Gasteiger partial charge is 0.417 e. The molecule has 182 valence electrons. The topological polar surface area (TPSA) is 91.4 Å². The molecule has 0 amide bonds. The minimum absolute atomic E-state index is 0.206. The van der Waals surface area contributed by atoms with Crippen LogP contribution in [0.15, 0.2) is 61.2 Å². The van der Waals surface area contributed by atoms with E-state index in [-0.39, 0.29) is 24.9 Å². The first kappa shape index (κ1) is 24.0. The van der Waals surface area contributed by atoms with Crippen LogP contribution < -0.4 is 10.6 Å². The van der Waals surface area contributed by atoms with Gasteiger partial charge in [0.1, 0.15) is 11.6 Å². The molecular formula is C22H17F6N7. The Bertz CT molecular complexity index is 1250. The van der Waals surface area contributed by atoms with Crippen molar-refractivity contribution in [1.29, 1.82) is 0 Å². The highest BCUT2D eigenvalue weighted by Crippen LogP contribution is 2.33. The van der Waals surface area contributed by atoms with Gasteiger partial charge in [-0.25, -0.2) is 19.9 Å². The number of alkyl halides is 6. The van der Waals surface area contributed by atoms with Crippen molar-refractivity contribution in [1.82, 2.24) is 24.9 Å². The summed E-state index contributed by atoms with van der Waals surface area (Å²) in [7, 11) is 0. The average Bonchev–Trinajstić information content (AvgIpc) is 3.36. The quantitative estimate of drug-likeness (QED) is 0.233. The highest BCUT2D eigenvalue weighted by molar-refractivity contribution is 5.77. The number of aromatic nitrogens is 5. The first-order valence-electron chi connectivity index (χ1n) is 10.2. The maximum atomic E-state index is 12.9. The van der Waals surface area contributed by atoms with Crippen molar-refractivity contribution in [2.24, 2.45) is 0 Å². The number of H-pyrrole nitrogens is 1. The maximum Gasteiger partial charge on any atom is 0.417 e. The van der Waals surface area contributed by atoms with Crippen LogP contribution in [0, 0.1) is 0 Å². The fraction of sp³-hybridized carbons (Fsp3) is 0.182. The number of nitrogens with one attached hydrogen (secondary N) is 3. The van der Waals surface area contributed by atoms with Gasteiger partial charge < -0.3 is 15.6 Å². The normalized spacial score (nSPS) is 11.9. The highest BCUT2D eigenvalue weighted by Gasteiger charge is 2.31. The molecular weight excluding hydrogens is 476 g/mol. The lowest BCUT2D eigenvalue weighted by atomic mass is 10.0. The lowest BCUT2D eigenvalue weighted by Crippen LogP contribution is -2.16. The van der Waals surface area contributed by atoms with Gasteiger partial charge in [0, 0.05) is 43.4 Å². The SMILES string of the molecule is FC(F)(F)c1ccc(-c2nc(NCCNc3ccc(C(F)(F)F)cn3)ncc2-c2ncc[nH]2)cc1. The van der Waals surface area contributed by atoms with Crippen LogP contribution >= 0.6 is 0 Å². The van der Waals surface area contributed by atoms with Crippen LogP contribution in [0.3, 0.4) is 0 Å². The van der Waals surface area contributed by atoms with Gasteiger partial charge in [-0.15, -0.1) is 0 Å². The molecule has 35 heavy (non-hydrogen) atoms. The Morgan fingerprint density at radius 3 is 2.03 bits per heavy atom. The van der Waals surface area contributed by atoms with Crippen molar-refractivity contribution in [3.05, 3.63) is 72.3 Å². The van der Waals surface area contributed by atoms with Crippen molar-refractivity contribution >= 4 is 11.8 Å². The Morgan fingerprint density at radius 1 is 0.743 bits per heavy atom. The number of hydrogen-bond acceptors (Lipinski definition) is 6. The molecule has 0 fully saturated rings. The van der Waals surface area contributed by atoms with Gasteiger partial charge in [-0.05, 0) is 24.3 Å². The van der Waals surface area contributed by atoms with Crippen molar-refractivity contribution in [2.75, 3.05) is 23.7 Å². The number of pyridine rings is 1. The number of hydrogen-bond donors (Lipinski definition) is 3. The van der Waals surface area contributed by atoms with Crippen LogP contribution in [0.25, 0.3) is 22.6 Å². The molecule has 3 aromatic heterocycles. The van der Waals surface area contributed by atoms with Crippen LogP contribution in [0.2, 0.25) is 0 Å². The van der Waals surface area contributed by atoms with Gasteiger partial charge in [-0.2, -0.15) is 26.3 Å². The van der Waals surface area contributed by atoms with E-state index in [2.05, 4.69) is 35.6 Å². The number of anilines is 2. The minimum Gasteiger partial charge on any atom is -0.368 e. The number of aromatic amines is 1. The van der Waals surface area contributed by atoms with Crippen LogP contribution in [0.5, 0.6) is 0 Å². The second kappa shape index (κ2) is 9.60. The van der Waals surface area contributed by atoms with Crippen molar-refractivity contribution < 1.29 is 26.3 Å². The standard InChI is InChI=1S/C22H17F6N7/c23-21(24,25)14-3-1-13(2-4-14)18-16(19-30-8-9-31-19)12-34-20(35-18)32-10-7-29-17-6-5-15(11-33-17)22(26,27)28/h1-6,8-9,11-12H,7,10H2,(H,29,33)(H,30,31)(H,32,34,35). The summed E-state index contributed by atoms with van der Waals surface area (Å²) in [4.78, 5) is 19.5. The maximum absolute atomic E-state index is 12.9. The van der Waals surface area contributed by atoms with E-state index in [0.717, 1.165) is 24.4 Å². The Labute approximate surface area is 194 Å². The first-order valence-corrected chi connectivity index (χ1v) is 10.2. The van der Waals surface area contributed by atoms with Gasteiger partial charge in [-0.3, -0.25) is 0 Å². The van der Waals surface area contributed by atoms with Gasteiger partial charge in [0.05, 0.1) is 22.4 Å². The summed E-state index contributed by atoms with van der Waals surface area (Å²) in [6.07, 6.45) is -3.57. The summed E-state index contributed by atoms with van der Waals surface area (Å²) in [6, 6.07) is 6.73. The molecule has 0 unspecified atom stereocenters. The van der Waals surface area contributed by atoms with E-state index in [4.69, 9.17) is 0 Å². The molecule has 4 aromatic rings. The second-order valence-electron chi connectivity index (χ2n) is 7.25. The van der Waals surface area contributed by atoms with Gasteiger partial charge in [0.2, 0.25) is 5.95 Å². The van der Waals surface area contributed by atoms with E-state index in [9.17, 15) is 26.3 Å². The lowest BCUT2D eigenvalue weighted by molar-refractivity contribution is -0.138. The first-order chi connectivity index (χ1) is 16.6. The number of benzene rings is 1. The Morgan fingerprint density at radius 2 is 1.43 bits per heavy atom. The van der Waals surface area contributed by atoms with Crippen molar-refractivity contribution in [3.63, 3.8) is 0 Å². The van der Waals surface area contributed by atoms with Crippen LogP contribution in [-0.4, -0.2) is 38.0 Å². The molecule has 3 N–H and O–H groups in total. The van der Waals surface area contributed by atoms with Gasteiger partial charge in [0.15, 0.2) is 0 Å². The summed E-state index contributed by atoms with van der Waals surface area (Å²) < 4.78 is 76.7. The zero-order chi connectivity index (χ0) is 25.1. The van der Waals surface area contributed by atoms with E-state index in [1.807, 2.05) is 0 Å². The fourth-order valence-corrected chi connectivity index (χ4v) is 3.12. The molecule has 3 heterocycles. The van der Waals surface area contributed by atoms with Gasteiger partial charge >= 0.3 is 12.4 Å². The third-order valence-corrected chi connectivity index (χ3v) is 4.83. The molecule has 0 spiro atoms. The molecule has 13 heteroatoms. The second-order valence-corrected chi connectivity index (χ2v) is 7.25. The minimum atomic E-state index is -4.46. The molecule has 0 radical (unpaired) electrons. The van der Waals surface area contributed by atoms with E-state index >= 15 is 0 Å². The number of nitrogens with zero attached hydrogens (tertiary/aromatic N) is 4. The average molecular weight is 493 g/mol. The number of imidazole rings is 1. The summed E-state index contributed by atoms with van der Waals surface area (Å²) in [5, 5.41) is 5.84. The highest BCUT2D eigenvalue weighted by atomic mass is 19.4. The molecule has 1 aromatic carbocycles. The Balaban J connectivity index is 1.47. The molecule has 0 atom stereocenters. The molecule has 4 rings (SSSR count). The van der Waals surface area contributed by atoms with Gasteiger partial charge in [0.25, 0.3) is 0 Å². The fourth-order valence-electron chi connectivity index (χ4n) is 3.12. The third-order valence-electron chi connectivity index (χ3n) is 4.83. The molecule has 0 bridgehead atoms. The molecule has 0 aliphatic heterocycles. The summed E-state index contributed by atoms with van der Waals surface area (Å²) in [5.41, 5.74) is -0.337. The van der Waals surface area contributed by atoms with E-state index in [1.165, 1.54) is 30.6 Å². The number of rotatable bonds is 7. The van der Waals surface area contributed by atoms with E-state index in [1.54, 1.807) is 6.20 Å². The molecule has 7 nitrogen and oxygen atoms in total.